The van der Waals surface area contributed by atoms with E-state index in [0.29, 0.717) is 5.56 Å². The fourth-order valence-electron chi connectivity index (χ4n) is 1.49. The van der Waals surface area contributed by atoms with Crippen molar-refractivity contribution in [2.24, 2.45) is 5.73 Å². The minimum absolute atomic E-state index is 0.0247. The summed E-state index contributed by atoms with van der Waals surface area (Å²) in [5.74, 6) is -0.678. The molecule has 0 aromatic heterocycles. The summed E-state index contributed by atoms with van der Waals surface area (Å²) in [4.78, 5) is 11.7. The van der Waals surface area contributed by atoms with Crippen LogP contribution in [0.15, 0.2) is 40.1 Å². The molecular formula is C13H17NO4S. The van der Waals surface area contributed by atoms with E-state index in [4.69, 9.17) is 10.5 Å². The van der Waals surface area contributed by atoms with Gasteiger partial charge in [0.2, 0.25) is 9.84 Å². The Morgan fingerprint density at radius 2 is 2.00 bits per heavy atom. The van der Waals surface area contributed by atoms with E-state index in [1.807, 2.05) is 0 Å². The molecule has 104 valence electrons. The smallest absolute Gasteiger partial charge is 0.334 e. The number of esters is 1. The molecule has 19 heavy (non-hydrogen) atoms. The Balaban J connectivity index is 3.03. The first kappa shape index (κ1) is 15.4. The van der Waals surface area contributed by atoms with E-state index in [1.54, 1.807) is 25.1 Å². The van der Waals surface area contributed by atoms with Gasteiger partial charge in [0.05, 0.1) is 4.90 Å². The van der Waals surface area contributed by atoms with Gasteiger partial charge < -0.3 is 10.5 Å². The summed E-state index contributed by atoms with van der Waals surface area (Å²) in [6.07, 6.45) is 0. The zero-order valence-corrected chi connectivity index (χ0v) is 11.7. The van der Waals surface area contributed by atoms with Crippen LogP contribution in [-0.2, 0) is 19.4 Å². The van der Waals surface area contributed by atoms with Crippen molar-refractivity contribution in [3.05, 3.63) is 40.8 Å². The number of rotatable bonds is 5. The van der Waals surface area contributed by atoms with Gasteiger partial charge in [-0.25, -0.2) is 13.2 Å². The van der Waals surface area contributed by atoms with E-state index in [-0.39, 0.29) is 23.6 Å². The van der Waals surface area contributed by atoms with Crippen LogP contribution in [0, 0.1) is 6.92 Å². The highest BCUT2D eigenvalue weighted by Gasteiger charge is 2.16. The molecular weight excluding hydrogens is 266 g/mol. The molecule has 0 saturated carbocycles. The quantitative estimate of drug-likeness (QED) is 0.647. The van der Waals surface area contributed by atoms with Gasteiger partial charge in [0, 0.05) is 17.5 Å². The second-order valence-corrected chi connectivity index (χ2v) is 5.80. The Hall–Kier alpha value is -1.66. The third-order valence-corrected chi connectivity index (χ3v) is 4.14. The van der Waals surface area contributed by atoms with E-state index in [0.717, 1.165) is 5.41 Å². The summed E-state index contributed by atoms with van der Waals surface area (Å²) in [6, 6.07) is 6.58. The highest BCUT2D eigenvalue weighted by Crippen LogP contribution is 2.18. The van der Waals surface area contributed by atoms with E-state index in [1.165, 1.54) is 13.0 Å². The summed E-state index contributed by atoms with van der Waals surface area (Å²) in [5.41, 5.74) is 5.85. The molecule has 5 nitrogen and oxygen atoms in total. The van der Waals surface area contributed by atoms with Gasteiger partial charge >= 0.3 is 5.97 Å². The predicted octanol–water partition coefficient (Wildman–Crippen LogP) is 1.17. The minimum Gasteiger partial charge on any atom is -0.461 e. The van der Waals surface area contributed by atoms with Crippen LogP contribution < -0.4 is 5.73 Å². The molecule has 1 aromatic carbocycles. The lowest BCUT2D eigenvalue weighted by atomic mass is 10.2. The summed E-state index contributed by atoms with van der Waals surface area (Å²) in [7, 11) is -3.65. The molecule has 0 radical (unpaired) electrons. The molecule has 1 aromatic rings. The van der Waals surface area contributed by atoms with E-state index in [9.17, 15) is 13.2 Å². The highest BCUT2D eigenvalue weighted by atomic mass is 32.2. The second-order valence-electron chi connectivity index (χ2n) is 4.04. The number of carbonyl (C=O) groups excluding carboxylic acids is 1. The fourth-order valence-corrected chi connectivity index (χ4v) is 2.96. The predicted molar refractivity (Wildman–Crippen MR) is 72.1 cm³/mol. The van der Waals surface area contributed by atoms with Crippen molar-refractivity contribution < 1.29 is 17.9 Å². The van der Waals surface area contributed by atoms with E-state index >= 15 is 0 Å². The van der Waals surface area contributed by atoms with Crippen molar-refractivity contribution in [1.29, 1.82) is 0 Å². The largest absolute Gasteiger partial charge is 0.461 e. The van der Waals surface area contributed by atoms with Gasteiger partial charge in [0.25, 0.3) is 0 Å². The van der Waals surface area contributed by atoms with Gasteiger partial charge in [-0.2, -0.15) is 0 Å². The number of hydrogen-bond donors (Lipinski definition) is 1. The van der Waals surface area contributed by atoms with Crippen LogP contribution in [-0.4, -0.2) is 27.5 Å². The first-order chi connectivity index (χ1) is 8.88. The SMILES string of the molecule is CC(=CS(=O)(=O)c1ccccc1C)C(=O)OCCN. The maximum absolute atomic E-state index is 12.1. The summed E-state index contributed by atoms with van der Waals surface area (Å²) < 4.78 is 29.0. The monoisotopic (exact) mass is 283 g/mol. The molecule has 0 atom stereocenters. The third kappa shape index (κ3) is 4.18. The zero-order valence-electron chi connectivity index (χ0n) is 10.9. The van der Waals surface area contributed by atoms with Crippen LogP contribution in [0.25, 0.3) is 0 Å². The number of nitrogens with two attached hydrogens (primary N) is 1. The summed E-state index contributed by atoms with van der Waals surface area (Å²) >= 11 is 0. The Bertz CT molecular complexity index is 590. The van der Waals surface area contributed by atoms with Crippen molar-refractivity contribution in [1.82, 2.24) is 0 Å². The molecule has 2 N–H and O–H groups in total. The first-order valence-electron chi connectivity index (χ1n) is 5.74. The average Bonchev–Trinajstić information content (AvgIpc) is 2.35. The van der Waals surface area contributed by atoms with Crippen LogP contribution >= 0.6 is 0 Å². The minimum atomic E-state index is -3.65. The number of aryl methyl sites for hydroxylation is 1. The Labute approximate surface area is 113 Å². The molecule has 0 aliphatic heterocycles. The molecule has 0 heterocycles. The number of hydrogen-bond acceptors (Lipinski definition) is 5. The molecule has 0 saturated heterocycles. The third-order valence-electron chi connectivity index (χ3n) is 2.41. The normalized spacial score (nSPS) is 12.3. The van der Waals surface area contributed by atoms with Crippen molar-refractivity contribution in [3.63, 3.8) is 0 Å². The summed E-state index contributed by atoms with van der Waals surface area (Å²) in [6.45, 7) is 3.36. The Morgan fingerprint density at radius 3 is 2.58 bits per heavy atom. The van der Waals surface area contributed by atoms with Gasteiger partial charge in [0.1, 0.15) is 6.61 Å². The standard InChI is InChI=1S/C13H17NO4S/c1-10-5-3-4-6-12(10)19(16,17)9-11(2)13(15)18-8-7-14/h3-6,9H,7-8,14H2,1-2H3. The van der Waals surface area contributed by atoms with Crippen molar-refractivity contribution in [3.8, 4) is 0 Å². The molecule has 0 aliphatic carbocycles. The number of benzene rings is 1. The molecule has 0 unspecified atom stereocenters. The van der Waals surface area contributed by atoms with E-state index < -0.39 is 15.8 Å². The van der Waals surface area contributed by atoms with Crippen molar-refractivity contribution >= 4 is 15.8 Å². The maximum atomic E-state index is 12.1. The van der Waals surface area contributed by atoms with E-state index in [2.05, 4.69) is 0 Å². The zero-order chi connectivity index (χ0) is 14.5. The van der Waals surface area contributed by atoms with Gasteiger partial charge in [-0.15, -0.1) is 0 Å². The van der Waals surface area contributed by atoms with Gasteiger partial charge in [0.15, 0.2) is 0 Å². The number of ether oxygens (including phenoxy) is 1. The van der Waals surface area contributed by atoms with Gasteiger partial charge in [-0.3, -0.25) is 0 Å². The lowest BCUT2D eigenvalue weighted by molar-refractivity contribution is -0.138. The first-order valence-corrected chi connectivity index (χ1v) is 7.29. The average molecular weight is 283 g/mol. The highest BCUT2D eigenvalue weighted by molar-refractivity contribution is 7.94. The molecule has 0 bridgehead atoms. The lowest BCUT2D eigenvalue weighted by Crippen LogP contribution is -2.15. The van der Waals surface area contributed by atoms with Crippen LogP contribution in [0.2, 0.25) is 0 Å². The molecule has 0 amide bonds. The number of sulfone groups is 1. The molecule has 1 rings (SSSR count). The summed E-state index contributed by atoms with van der Waals surface area (Å²) in [5, 5.41) is 0.925. The molecule has 0 aliphatic rings. The molecule has 6 heteroatoms. The second kappa shape index (κ2) is 6.49. The number of carbonyl (C=O) groups is 1. The van der Waals surface area contributed by atoms with Crippen molar-refractivity contribution in [2.45, 2.75) is 18.7 Å². The maximum Gasteiger partial charge on any atom is 0.334 e. The topological polar surface area (TPSA) is 86.5 Å². The van der Waals surface area contributed by atoms with Crippen molar-refractivity contribution in [2.75, 3.05) is 13.2 Å². The lowest BCUT2D eigenvalue weighted by Gasteiger charge is -2.06. The molecule has 0 fully saturated rings. The van der Waals surface area contributed by atoms with Crippen LogP contribution in [0.3, 0.4) is 0 Å². The van der Waals surface area contributed by atoms with Gasteiger partial charge in [-0.05, 0) is 25.5 Å². The Kier molecular flexibility index (Phi) is 5.26. The van der Waals surface area contributed by atoms with Crippen LogP contribution in [0.4, 0.5) is 0 Å². The van der Waals surface area contributed by atoms with Crippen LogP contribution in [0.1, 0.15) is 12.5 Å². The van der Waals surface area contributed by atoms with Gasteiger partial charge in [-0.1, -0.05) is 18.2 Å². The fraction of sp³-hybridized carbons (Fsp3) is 0.308. The van der Waals surface area contributed by atoms with Crippen LogP contribution in [0.5, 0.6) is 0 Å². The Morgan fingerprint density at radius 1 is 1.37 bits per heavy atom. The molecule has 0 spiro atoms.